The molecule has 2 N–H and O–H groups in total. The van der Waals surface area contributed by atoms with Crippen molar-refractivity contribution in [1.82, 2.24) is 0 Å². The van der Waals surface area contributed by atoms with Gasteiger partial charge in [0.05, 0.1) is 18.8 Å². The van der Waals surface area contributed by atoms with Crippen molar-refractivity contribution in [3.8, 4) is 0 Å². The molecule has 2 atom stereocenters. The van der Waals surface area contributed by atoms with Crippen LogP contribution >= 0.6 is 0 Å². The van der Waals surface area contributed by atoms with Gasteiger partial charge in [-0.1, -0.05) is 0 Å². The average Bonchev–Trinajstić information content (AvgIpc) is 2.14. The fraction of sp³-hybridized carbons (Fsp3) is 0.917. The summed E-state index contributed by atoms with van der Waals surface area (Å²) in [6.45, 7) is 6.21. The fourth-order valence-electron chi connectivity index (χ4n) is 2.09. The molecule has 0 aromatic heterocycles. The summed E-state index contributed by atoms with van der Waals surface area (Å²) in [5.41, 5.74) is 5.54. The summed E-state index contributed by atoms with van der Waals surface area (Å²) in [5.74, 6) is -0.839. The first-order valence-electron chi connectivity index (χ1n) is 6.12. The van der Waals surface area contributed by atoms with Crippen LogP contribution in [-0.2, 0) is 19.0 Å². The molecular weight excluding hydrogens is 222 g/mol. The van der Waals surface area contributed by atoms with Crippen LogP contribution in [0.4, 0.5) is 0 Å². The van der Waals surface area contributed by atoms with Crippen LogP contribution in [0.2, 0.25) is 0 Å². The summed E-state index contributed by atoms with van der Waals surface area (Å²) in [5, 5.41) is 0. The van der Waals surface area contributed by atoms with E-state index in [-0.39, 0.29) is 18.2 Å². The van der Waals surface area contributed by atoms with Gasteiger partial charge in [-0.05, 0) is 26.8 Å². The van der Waals surface area contributed by atoms with Crippen LogP contribution in [0.5, 0.6) is 0 Å². The number of esters is 1. The van der Waals surface area contributed by atoms with Gasteiger partial charge in [0, 0.05) is 19.8 Å². The van der Waals surface area contributed by atoms with Gasteiger partial charge < -0.3 is 19.9 Å². The van der Waals surface area contributed by atoms with Crippen LogP contribution in [-0.4, -0.2) is 37.1 Å². The fourth-order valence-corrected chi connectivity index (χ4v) is 2.09. The highest BCUT2D eigenvalue weighted by molar-refractivity contribution is 5.65. The summed E-state index contributed by atoms with van der Waals surface area (Å²) in [4.78, 5) is 10.7. The Balaban J connectivity index is 2.40. The Morgan fingerprint density at radius 3 is 2.47 bits per heavy atom. The molecule has 5 heteroatoms. The maximum atomic E-state index is 10.7. The first kappa shape index (κ1) is 14.4. The molecular formula is C12H23NO4. The van der Waals surface area contributed by atoms with E-state index >= 15 is 0 Å². The molecule has 0 radical (unpaired) electrons. The van der Waals surface area contributed by atoms with Crippen molar-refractivity contribution in [3.05, 3.63) is 0 Å². The van der Waals surface area contributed by atoms with Gasteiger partial charge in [-0.15, -0.1) is 0 Å². The van der Waals surface area contributed by atoms with E-state index < -0.39 is 5.79 Å². The highest BCUT2D eigenvalue weighted by Crippen LogP contribution is 2.29. The third-order valence-corrected chi connectivity index (χ3v) is 2.66. The minimum atomic E-state index is -0.584. The molecule has 0 aromatic rings. The van der Waals surface area contributed by atoms with E-state index in [1.54, 1.807) is 0 Å². The third-order valence-electron chi connectivity index (χ3n) is 2.66. The lowest BCUT2D eigenvalue weighted by atomic mass is 10.0. The van der Waals surface area contributed by atoms with Gasteiger partial charge >= 0.3 is 5.97 Å². The van der Waals surface area contributed by atoms with E-state index in [0.717, 1.165) is 12.8 Å². The summed E-state index contributed by atoms with van der Waals surface area (Å²) in [7, 11) is 0. The zero-order valence-electron chi connectivity index (χ0n) is 10.9. The number of hydrogen-bond donors (Lipinski definition) is 1. The Labute approximate surface area is 103 Å². The predicted molar refractivity (Wildman–Crippen MR) is 63.4 cm³/mol. The van der Waals surface area contributed by atoms with Crippen molar-refractivity contribution in [2.24, 2.45) is 5.73 Å². The SMILES string of the molecule is CC(=O)OCCC1CC(CCN)OC(C)(C)O1. The molecule has 1 aliphatic rings. The maximum absolute atomic E-state index is 10.7. The molecule has 17 heavy (non-hydrogen) atoms. The Kier molecular flexibility index (Phi) is 5.36. The molecule has 1 heterocycles. The van der Waals surface area contributed by atoms with Crippen molar-refractivity contribution in [1.29, 1.82) is 0 Å². The Morgan fingerprint density at radius 1 is 1.35 bits per heavy atom. The molecule has 1 aliphatic heterocycles. The largest absolute Gasteiger partial charge is 0.466 e. The minimum Gasteiger partial charge on any atom is -0.466 e. The van der Waals surface area contributed by atoms with Crippen LogP contribution in [0.15, 0.2) is 0 Å². The summed E-state index contributed by atoms with van der Waals surface area (Å²) < 4.78 is 16.5. The van der Waals surface area contributed by atoms with E-state index in [9.17, 15) is 4.79 Å². The van der Waals surface area contributed by atoms with Gasteiger partial charge in [0.25, 0.3) is 0 Å². The molecule has 2 unspecified atom stereocenters. The van der Waals surface area contributed by atoms with E-state index in [0.29, 0.717) is 19.6 Å². The molecule has 0 saturated carbocycles. The quantitative estimate of drug-likeness (QED) is 0.737. The smallest absolute Gasteiger partial charge is 0.302 e. The van der Waals surface area contributed by atoms with E-state index in [2.05, 4.69) is 0 Å². The second kappa shape index (κ2) is 6.33. The van der Waals surface area contributed by atoms with Gasteiger partial charge in [0.1, 0.15) is 0 Å². The number of carbonyl (C=O) groups excluding carboxylic acids is 1. The van der Waals surface area contributed by atoms with Gasteiger partial charge in [0.2, 0.25) is 0 Å². The number of ether oxygens (including phenoxy) is 3. The van der Waals surface area contributed by atoms with Gasteiger partial charge in [-0.25, -0.2) is 0 Å². The predicted octanol–water partition coefficient (Wildman–Crippen LogP) is 1.20. The van der Waals surface area contributed by atoms with Gasteiger partial charge in [-0.2, -0.15) is 0 Å². The van der Waals surface area contributed by atoms with Crippen molar-refractivity contribution in [2.45, 2.75) is 58.0 Å². The summed E-state index contributed by atoms with van der Waals surface area (Å²) in [6.07, 6.45) is 2.53. The van der Waals surface area contributed by atoms with Crippen molar-refractivity contribution in [2.75, 3.05) is 13.2 Å². The second-order valence-corrected chi connectivity index (χ2v) is 4.82. The van der Waals surface area contributed by atoms with Crippen LogP contribution < -0.4 is 5.73 Å². The molecule has 5 nitrogen and oxygen atoms in total. The van der Waals surface area contributed by atoms with Gasteiger partial charge in [-0.3, -0.25) is 4.79 Å². The molecule has 1 rings (SSSR count). The van der Waals surface area contributed by atoms with Crippen LogP contribution in [0, 0.1) is 0 Å². The molecule has 0 amide bonds. The number of rotatable bonds is 5. The lowest BCUT2D eigenvalue weighted by Gasteiger charge is -2.40. The Hall–Kier alpha value is -0.650. The molecule has 0 bridgehead atoms. The number of hydrogen-bond acceptors (Lipinski definition) is 5. The topological polar surface area (TPSA) is 70.8 Å². The van der Waals surface area contributed by atoms with Crippen molar-refractivity contribution in [3.63, 3.8) is 0 Å². The lowest BCUT2D eigenvalue weighted by molar-refractivity contribution is -0.301. The first-order valence-corrected chi connectivity index (χ1v) is 6.12. The number of nitrogens with two attached hydrogens (primary N) is 1. The highest BCUT2D eigenvalue weighted by atomic mass is 16.7. The number of carbonyl (C=O) groups is 1. The molecule has 0 aromatic carbocycles. The van der Waals surface area contributed by atoms with E-state index in [1.807, 2.05) is 13.8 Å². The molecule has 1 fully saturated rings. The van der Waals surface area contributed by atoms with Gasteiger partial charge in [0.15, 0.2) is 5.79 Å². The molecule has 1 saturated heterocycles. The van der Waals surface area contributed by atoms with Crippen molar-refractivity contribution >= 4 is 5.97 Å². The third kappa shape index (κ3) is 5.48. The van der Waals surface area contributed by atoms with Crippen molar-refractivity contribution < 1.29 is 19.0 Å². The van der Waals surface area contributed by atoms with Crippen LogP contribution in [0.3, 0.4) is 0 Å². The Morgan fingerprint density at radius 2 is 1.94 bits per heavy atom. The molecule has 0 spiro atoms. The lowest BCUT2D eigenvalue weighted by Crippen LogP contribution is -2.45. The standard InChI is InChI=1S/C12H23NO4/c1-9(14)15-7-5-11-8-10(4-6-13)16-12(2,3)17-11/h10-11H,4-8,13H2,1-3H3. The van der Waals surface area contributed by atoms with E-state index in [4.69, 9.17) is 19.9 Å². The van der Waals surface area contributed by atoms with E-state index in [1.165, 1.54) is 6.92 Å². The van der Waals surface area contributed by atoms with Crippen LogP contribution in [0.25, 0.3) is 0 Å². The minimum absolute atomic E-state index is 0.0645. The first-order chi connectivity index (χ1) is 7.93. The second-order valence-electron chi connectivity index (χ2n) is 4.82. The molecule has 100 valence electrons. The van der Waals surface area contributed by atoms with Crippen LogP contribution in [0.1, 0.15) is 40.0 Å². The Bertz CT molecular complexity index is 255. The summed E-state index contributed by atoms with van der Waals surface area (Å²) >= 11 is 0. The normalized spacial score (nSPS) is 27.8. The zero-order valence-corrected chi connectivity index (χ0v) is 10.9. The highest BCUT2D eigenvalue weighted by Gasteiger charge is 2.34. The monoisotopic (exact) mass is 245 g/mol. The zero-order chi connectivity index (χ0) is 12.9. The maximum Gasteiger partial charge on any atom is 0.302 e. The molecule has 0 aliphatic carbocycles. The summed E-state index contributed by atoms with van der Waals surface area (Å²) in [6, 6.07) is 0. The average molecular weight is 245 g/mol.